The molecule has 0 bridgehead atoms. The first-order valence-corrected chi connectivity index (χ1v) is 3.46. The molecule has 0 saturated carbocycles. The van der Waals surface area contributed by atoms with Crippen molar-refractivity contribution in [2.24, 2.45) is 0 Å². The van der Waals surface area contributed by atoms with Gasteiger partial charge in [-0.15, -0.1) is 0 Å². The van der Waals surface area contributed by atoms with Crippen molar-refractivity contribution in [3.63, 3.8) is 0 Å². The molecular formula is C9H9N. The zero-order valence-corrected chi connectivity index (χ0v) is 5.67. The summed E-state index contributed by atoms with van der Waals surface area (Å²) in [6.07, 6.45) is 2.19. The molecule has 0 atom stereocenters. The van der Waals surface area contributed by atoms with Crippen LogP contribution in [0.1, 0.15) is 5.56 Å². The van der Waals surface area contributed by atoms with Crippen LogP contribution in [0.5, 0.6) is 0 Å². The van der Waals surface area contributed by atoms with Crippen LogP contribution in [0.15, 0.2) is 36.4 Å². The minimum absolute atomic E-state index is 1.02. The van der Waals surface area contributed by atoms with Gasteiger partial charge in [-0.25, -0.2) is 0 Å². The summed E-state index contributed by atoms with van der Waals surface area (Å²) in [5, 5.41) is 3.22. The van der Waals surface area contributed by atoms with Crippen molar-refractivity contribution in [3.05, 3.63) is 42.0 Å². The summed E-state index contributed by atoms with van der Waals surface area (Å²) in [5.41, 5.74) is 2.55. The van der Waals surface area contributed by atoms with Crippen LogP contribution in [-0.2, 0) is 0 Å². The zero-order chi connectivity index (χ0) is 6.81. The summed E-state index contributed by atoms with van der Waals surface area (Å²) in [6, 6.07) is 10.4. The molecule has 0 radical (unpaired) electrons. The van der Waals surface area contributed by atoms with E-state index in [9.17, 15) is 0 Å². The fourth-order valence-electron chi connectivity index (χ4n) is 1.04. The molecule has 1 aromatic rings. The van der Waals surface area contributed by atoms with E-state index in [1.165, 1.54) is 11.3 Å². The third-order valence-corrected chi connectivity index (χ3v) is 1.68. The van der Waals surface area contributed by atoms with E-state index in [0.29, 0.717) is 0 Å². The average molecular weight is 131 g/mol. The van der Waals surface area contributed by atoms with Gasteiger partial charge >= 0.3 is 0 Å². The Labute approximate surface area is 60.4 Å². The molecule has 1 aliphatic rings. The van der Waals surface area contributed by atoms with Gasteiger partial charge < -0.3 is 5.32 Å². The Bertz CT molecular complexity index is 249. The van der Waals surface area contributed by atoms with Crippen LogP contribution >= 0.6 is 0 Å². The highest BCUT2D eigenvalue weighted by Crippen LogP contribution is 2.14. The van der Waals surface area contributed by atoms with Crippen LogP contribution in [-0.4, -0.2) is 6.54 Å². The Kier molecular flexibility index (Phi) is 1.21. The summed E-state index contributed by atoms with van der Waals surface area (Å²) in [4.78, 5) is 0. The monoisotopic (exact) mass is 131 g/mol. The van der Waals surface area contributed by atoms with Crippen molar-refractivity contribution >= 4 is 5.70 Å². The van der Waals surface area contributed by atoms with Crippen LogP contribution in [0, 0.1) is 0 Å². The Morgan fingerprint density at radius 1 is 1.10 bits per heavy atom. The number of rotatable bonds is 1. The molecule has 1 nitrogen and oxygen atoms in total. The third-order valence-electron chi connectivity index (χ3n) is 1.68. The van der Waals surface area contributed by atoms with Gasteiger partial charge in [0, 0.05) is 12.2 Å². The van der Waals surface area contributed by atoms with E-state index in [0.717, 1.165) is 6.54 Å². The minimum atomic E-state index is 1.02. The Morgan fingerprint density at radius 3 is 2.30 bits per heavy atom. The molecule has 1 aliphatic heterocycles. The Balaban J connectivity index is 2.34. The second-order valence-electron chi connectivity index (χ2n) is 2.36. The highest BCUT2D eigenvalue weighted by molar-refractivity contribution is 5.68. The molecule has 0 unspecified atom stereocenters. The highest BCUT2D eigenvalue weighted by Gasteiger charge is 2.04. The molecule has 0 spiro atoms. The summed E-state index contributed by atoms with van der Waals surface area (Å²) >= 11 is 0. The van der Waals surface area contributed by atoms with E-state index < -0.39 is 0 Å². The SMILES string of the molecule is C1=C(c2ccccc2)NC1. The van der Waals surface area contributed by atoms with Crippen molar-refractivity contribution in [1.29, 1.82) is 0 Å². The van der Waals surface area contributed by atoms with Gasteiger partial charge in [0.25, 0.3) is 0 Å². The van der Waals surface area contributed by atoms with Crippen LogP contribution < -0.4 is 5.32 Å². The number of hydrogen-bond donors (Lipinski definition) is 1. The molecule has 1 heteroatoms. The molecule has 0 saturated heterocycles. The van der Waals surface area contributed by atoms with Gasteiger partial charge in [-0.1, -0.05) is 30.3 Å². The van der Waals surface area contributed by atoms with Gasteiger partial charge in [-0.2, -0.15) is 0 Å². The molecule has 0 fully saturated rings. The predicted octanol–water partition coefficient (Wildman–Crippen LogP) is 1.63. The molecule has 2 rings (SSSR count). The van der Waals surface area contributed by atoms with Gasteiger partial charge in [-0.3, -0.25) is 0 Å². The lowest BCUT2D eigenvalue weighted by Gasteiger charge is -2.17. The van der Waals surface area contributed by atoms with Gasteiger partial charge in [0.15, 0.2) is 0 Å². The summed E-state index contributed by atoms with van der Waals surface area (Å²) in [5.74, 6) is 0. The van der Waals surface area contributed by atoms with E-state index in [1.807, 2.05) is 6.07 Å². The standard InChI is InChI=1S/C9H9N/c1-2-4-8(5-3-1)9-6-7-10-9/h1-6,10H,7H2. The zero-order valence-electron chi connectivity index (χ0n) is 5.67. The maximum atomic E-state index is 3.22. The first-order valence-electron chi connectivity index (χ1n) is 3.46. The first-order chi connectivity index (χ1) is 4.97. The van der Waals surface area contributed by atoms with Gasteiger partial charge in [0.05, 0.1) is 0 Å². The third kappa shape index (κ3) is 0.798. The number of benzene rings is 1. The summed E-state index contributed by atoms with van der Waals surface area (Å²) < 4.78 is 0. The molecule has 1 heterocycles. The molecule has 50 valence electrons. The van der Waals surface area contributed by atoms with Gasteiger partial charge in [0.1, 0.15) is 0 Å². The molecule has 0 amide bonds. The molecule has 0 aromatic heterocycles. The summed E-state index contributed by atoms with van der Waals surface area (Å²) in [6.45, 7) is 1.02. The van der Waals surface area contributed by atoms with Crippen LogP contribution in [0.3, 0.4) is 0 Å². The average Bonchev–Trinajstić information content (AvgIpc) is 1.86. The van der Waals surface area contributed by atoms with E-state index in [4.69, 9.17) is 0 Å². The number of hydrogen-bond acceptors (Lipinski definition) is 1. The van der Waals surface area contributed by atoms with Crippen molar-refractivity contribution in [2.75, 3.05) is 6.54 Å². The molecule has 1 N–H and O–H groups in total. The quantitative estimate of drug-likeness (QED) is 0.610. The van der Waals surface area contributed by atoms with Crippen molar-refractivity contribution in [3.8, 4) is 0 Å². The van der Waals surface area contributed by atoms with Crippen molar-refractivity contribution in [1.82, 2.24) is 5.32 Å². The Hall–Kier alpha value is -1.24. The van der Waals surface area contributed by atoms with Crippen molar-refractivity contribution in [2.45, 2.75) is 0 Å². The lowest BCUT2D eigenvalue weighted by atomic mass is 10.1. The van der Waals surface area contributed by atoms with Crippen LogP contribution in [0.2, 0.25) is 0 Å². The fourth-order valence-corrected chi connectivity index (χ4v) is 1.04. The van der Waals surface area contributed by atoms with E-state index in [-0.39, 0.29) is 0 Å². The van der Waals surface area contributed by atoms with E-state index >= 15 is 0 Å². The molecular weight excluding hydrogens is 122 g/mol. The first kappa shape index (κ1) is 5.54. The number of nitrogens with one attached hydrogen (secondary N) is 1. The smallest absolute Gasteiger partial charge is 0.0393 e. The van der Waals surface area contributed by atoms with Crippen molar-refractivity contribution < 1.29 is 0 Å². The van der Waals surface area contributed by atoms with Crippen LogP contribution in [0.4, 0.5) is 0 Å². The van der Waals surface area contributed by atoms with Gasteiger partial charge in [0.2, 0.25) is 0 Å². The van der Waals surface area contributed by atoms with E-state index in [2.05, 4.69) is 35.7 Å². The minimum Gasteiger partial charge on any atom is -0.381 e. The molecule has 1 aromatic carbocycles. The summed E-state index contributed by atoms with van der Waals surface area (Å²) in [7, 11) is 0. The topological polar surface area (TPSA) is 12.0 Å². The lowest BCUT2D eigenvalue weighted by molar-refractivity contribution is 0.933. The highest BCUT2D eigenvalue weighted by atomic mass is 14.9. The molecule has 10 heavy (non-hydrogen) atoms. The second kappa shape index (κ2) is 2.18. The second-order valence-corrected chi connectivity index (χ2v) is 2.36. The van der Waals surface area contributed by atoms with Gasteiger partial charge in [-0.05, 0) is 11.6 Å². The lowest BCUT2D eigenvalue weighted by Crippen LogP contribution is -2.21. The van der Waals surface area contributed by atoms with E-state index in [1.54, 1.807) is 0 Å². The maximum absolute atomic E-state index is 3.22. The molecule has 0 aliphatic carbocycles. The maximum Gasteiger partial charge on any atom is 0.0393 e. The van der Waals surface area contributed by atoms with Crippen LogP contribution in [0.25, 0.3) is 5.70 Å². The Morgan fingerprint density at radius 2 is 1.80 bits per heavy atom. The fraction of sp³-hybridized carbons (Fsp3) is 0.111. The largest absolute Gasteiger partial charge is 0.381 e. The predicted molar refractivity (Wildman–Crippen MR) is 42.4 cm³/mol. The normalized spacial score (nSPS) is 15.0.